The largest absolute Gasteiger partial charge is 0.481 e. The number of aromatic nitrogens is 2. The molecule has 1 saturated heterocycles. The standard InChI is InChI=1S/C53H91N3O17P2/c1-4-5-6-7-8-9-10-17-20-23-26-29-33-44(57)45(58)34-31-36-48(59)68-39-43(71-49(60)35-30-27-24-21-18-15-13-11-12-14-16-19-22-25-28-32-42(2)3)40-69-74(64,65)73-75(66,67)70-41-46-50(61)51(62)52(72-46)56-38-37-47(54)55-53(56)63/h5-6,8-9,17,20,26,29,37-38,42-46,50-52,57-58,61-62H,4,7,10-16,18-19,21-25,27-28,30-36,39-41H2,1-3H3,(H,64,65)(H,66,67)(H2,54,55,63)/b6-5-,9-8-,20-17-,29-26-/t43-,44+,45+,46-,50-,51-,52-/m1/s1. The molecule has 0 aromatic carbocycles. The Morgan fingerprint density at radius 1 is 0.707 bits per heavy atom. The molecule has 1 fully saturated rings. The van der Waals surface area contributed by atoms with E-state index in [-0.39, 0.29) is 37.9 Å². The van der Waals surface area contributed by atoms with E-state index in [0.29, 0.717) is 12.8 Å². The number of rotatable bonds is 44. The molecule has 0 saturated carbocycles. The molecular formula is C53H91N3O17P2. The number of allylic oxidation sites excluding steroid dienone is 7. The highest BCUT2D eigenvalue weighted by Gasteiger charge is 2.46. The van der Waals surface area contributed by atoms with Gasteiger partial charge in [-0.1, -0.05) is 166 Å². The highest BCUT2D eigenvalue weighted by Crippen LogP contribution is 2.60. The van der Waals surface area contributed by atoms with E-state index in [4.69, 9.17) is 29.0 Å². The fourth-order valence-corrected chi connectivity index (χ4v) is 10.1. The predicted octanol–water partition coefficient (Wildman–Crippen LogP) is 9.53. The zero-order chi connectivity index (χ0) is 55.3. The van der Waals surface area contributed by atoms with Crippen molar-refractivity contribution < 1.29 is 76.5 Å². The highest BCUT2D eigenvalue weighted by atomic mass is 31.3. The molecule has 0 spiro atoms. The molecule has 0 radical (unpaired) electrons. The lowest BCUT2D eigenvalue weighted by Gasteiger charge is -2.21. The zero-order valence-electron chi connectivity index (χ0n) is 44.7. The van der Waals surface area contributed by atoms with Crippen LogP contribution >= 0.6 is 15.6 Å². The number of nitrogens with zero attached hydrogens (tertiary/aromatic N) is 2. The summed E-state index contributed by atoms with van der Waals surface area (Å²) < 4.78 is 56.7. The van der Waals surface area contributed by atoms with Crippen molar-refractivity contribution in [1.82, 2.24) is 9.55 Å². The first-order valence-corrected chi connectivity index (χ1v) is 30.2. The lowest BCUT2D eigenvalue weighted by atomic mass is 10.0. The molecule has 20 nitrogen and oxygen atoms in total. The highest BCUT2D eigenvalue weighted by molar-refractivity contribution is 7.61. The van der Waals surface area contributed by atoms with Crippen LogP contribution in [-0.4, -0.2) is 108 Å². The van der Waals surface area contributed by atoms with Gasteiger partial charge in [0.05, 0.1) is 25.4 Å². The van der Waals surface area contributed by atoms with Crippen LogP contribution in [0.4, 0.5) is 5.82 Å². The Morgan fingerprint density at radius 2 is 1.23 bits per heavy atom. The molecule has 1 aliphatic rings. The summed E-state index contributed by atoms with van der Waals surface area (Å²) in [7, 11) is -11.0. The number of nitrogen functional groups attached to an aromatic ring is 1. The summed E-state index contributed by atoms with van der Waals surface area (Å²) in [6, 6.07) is 1.23. The Bertz CT molecular complexity index is 2000. The van der Waals surface area contributed by atoms with Gasteiger partial charge in [0.25, 0.3) is 0 Å². The molecule has 0 amide bonds. The summed E-state index contributed by atoms with van der Waals surface area (Å²) in [5.41, 5.74) is 4.57. The molecule has 2 rings (SSSR count). The molecule has 1 aliphatic heterocycles. The van der Waals surface area contributed by atoms with E-state index in [0.717, 1.165) is 61.6 Å². The van der Waals surface area contributed by atoms with Crippen LogP contribution in [0.1, 0.15) is 188 Å². The number of anilines is 1. The van der Waals surface area contributed by atoms with Crippen LogP contribution in [0.5, 0.6) is 0 Å². The first-order valence-electron chi connectivity index (χ1n) is 27.2. The van der Waals surface area contributed by atoms with Crippen LogP contribution in [0.2, 0.25) is 0 Å². The Kier molecular flexibility index (Phi) is 36.1. The van der Waals surface area contributed by atoms with Crippen molar-refractivity contribution >= 4 is 33.4 Å². The van der Waals surface area contributed by atoms with Gasteiger partial charge in [0, 0.05) is 19.0 Å². The van der Waals surface area contributed by atoms with Gasteiger partial charge in [0.1, 0.15) is 30.7 Å². The van der Waals surface area contributed by atoms with Crippen LogP contribution in [0.15, 0.2) is 65.7 Å². The summed E-state index contributed by atoms with van der Waals surface area (Å²) in [5, 5.41) is 41.8. The van der Waals surface area contributed by atoms with E-state index in [1.54, 1.807) is 6.08 Å². The first-order chi connectivity index (χ1) is 35.8. The van der Waals surface area contributed by atoms with Crippen molar-refractivity contribution in [2.45, 2.75) is 224 Å². The number of hydrogen-bond acceptors (Lipinski definition) is 17. The summed E-state index contributed by atoms with van der Waals surface area (Å²) in [5.74, 6) is -0.806. The zero-order valence-corrected chi connectivity index (χ0v) is 46.5. The number of carbonyl (C=O) groups is 2. The second kappa shape index (κ2) is 39.9. The number of phosphoric acid groups is 2. The van der Waals surface area contributed by atoms with Crippen molar-refractivity contribution in [1.29, 1.82) is 0 Å². The van der Waals surface area contributed by atoms with Crippen molar-refractivity contribution in [3.05, 3.63) is 71.4 Å². The van der Waals surface area contributed by atoms with E-state index in [2.05, 4.69) is 54.4 Å². The molecule has 2 heterocycles. The Morgan fingerprint density at radius 3 is 1.79 bits per heavy atom. The van der Waals surface area contributed by atoms with Crippen LogP contribution in [0, 0.1) is 5.92 Å². The number of aliphatic hydroxyl groups excluding tert-OH is 4. The normalized spacial score (nSPS) is 20.1. The number of phosphoric ester groups is 2. The van der Waals surface area contributed by atoms with Crippen LogP contribution in [0.3, 0.4) is 0 Å². The Labute approximate surface area is 445 Å². The van der Waals surface area contributed by atoms with Crippen LogP contribution in [-0.2, 0) is 46.3 Å². The minimum Gasteiger partial charge on any atom is -0.462 e. The molecule has 1 aromatic rings. The molecule has 9 atom stereocenters. The van der Waals surface area contributed by atoms with Gasteiger partial charge in [-0.3, -0.25) is 23.2 Å². The third kappa shape index (κ3) is 32.9. The molecular weight excluding hydrogens is 1010 g/mol. The van der Waals surface area contributed by atoms with Crippen molar-refractivity contribution in [2.24, 2.45) is 5.92 Å². The van der Waals surface area contributed by atoms with E-state index in [9.17, 15) is 53.7 Å². The van der Waals surface area contributed by atoms with Gasteiger partial charge >= 0.3 is 33.3 Å². The van der Waals surface area contributed by atoms with Crippen LogP contribution in [0.25, 0.3) is 0 Å². The maximum absolute atomic E-state index is 12.9. The number of ether oxygens (including phenoxy) is 3. The van der Waals surface area contributed by atoms with E-state index < -0.39 is 95.9 Å². The first kappa shape index (κ1) is 67.7. The molecule has 1 aromatic heterocycles. The van der Waals surface area contributed by atoms with Gasteiger partial charge < -0.3 is 50.2 Å². The number of hydrogen-bond donors (Lipinski definition) is 7. The lowest BCUT2D eigenvalue weighted by Crippen LogP contribution is -2.36. The lowest BCUT2D eigenvalue weighted by molar-refractivity contribution is -0.161. The van der Waals surface area contributed by atoms with E-state index in [1.165, 1.54) is 76.7 Å². The number of unbranched alkanes of at least 4 members (excludes halogenated alkanes) is 14. The quantitative estimate of drug-likeness (QED) is 0.0138. The monoisotopic (exact) mass is 1100 g/mol. The summed E-state index contributed by atoms with van der Waals surface area (Å²) in [6.07, 6.45) is 29.2. The Balaban J connectivity index is 1.84. The fourth-order valence-electron chi connectivity index (χ4n) is 8.00. The number of aliphatic hydroxyl groups is 4. The molecule has 22 heteroatoms. The molecule has 8 N–H and O–H groups in total. The van der Waals surface area contributed by atoms with Crippen molar-refractivity contribution in [3.8, 4) is 0 Å². The smallest absolute Gasteiger partial charge is 0.462 e. The SMILES string of the molecule is CC/C=C\C/C=C\C/C=C\C/C=C\C[C@H](O)[C@@H](O)CCCC(=O)OC[C@H](COP(=O)(O)OP(=O)(O)OC[C@H]1O[C@@H](n2ccc(N)nc2=O)[C@H](O)[C@@H]1O)OC(=O)CCCCCCCCCCCCCCCCCC(C)C. The summed E-state index contributed by atoms with van der Waals surface area (Å²) >= 11 is 0. The minimum absolute atomic E-state index is 0.00954. The summed E-state index contributed by atoms with van der Waals surface area (Å²) in [6.45, 7) is 4.09. The Hall–Kier alpha value is -3.36. The number of carbonyl (C=O) groups excluding carboxylic acids is 2. The predicted molar refractivity (Wildman–Crippen MR) is 287 cm³/mol. The van der Waals surface area contributed by atoms with Gasteiger partial charge in [-0.05, 0) is 63.4 Å². The average molecular weight is 1100 g/mol. The minimum atomic E-state index is -5.49. The van der Waals surface area contributed by atoms with Crippen molar-refractivity contribution in [3.63, 3.8) is 0 Å². The van der Waals surface area contributed by atoms with Gasteiger partial charge in [0.15, 0.2) is 12.3 Å². The van der Waals surface area contributed by atoms with Crippen LogP contribution < -0.4 is 11.4 Å². The number of nitrogens with two attached hydrogens (primary N) is 1. The number of esters is 2. The molecule has 0 aliphatic carbocycles. The second-order valence-electron chi connectivity index (χ2n) is 19.5. The third-order valence-corrected chi connectivity index (χ3v) is 14.9. The molecule has 0 bridgehead atoms. The average Bonchev–Trinajstić information content (AvgIpc) is 3.63. The molecule has 430 valence electrons. The van der Waals surface area contributed by atoms with E-state index in [1.807, 2.05) is 18.2 Å². The summed E-state index contributed by atoms with van der Waals surface area (Å²) in [4.78, 5) is 62.1. The van der Waals surface area contributed by atoms with E-state index >= 15 is 0 Å². The van der Waals surface area contributed by atoms with Gasteiger partial charge in [-0.15, -0.1) is 0 Å². The van der Waals surface area contributed by atoms with Gasteiger partial charge in [0.2, 0.25) is 0 Å². The van der Waals surface area contributed by atoms with Crippen molar-refractivity contribution in [2.75, 3.05) is 25.6 Å². The molecule has 2 unspecified atom stereocenters. The second-order valence-corrected chi connectivity index (χ2v) is 22.5. The maximum Gasteiger partial charge on any atom is 0.481 e. The fraction of sp³-hybridized carbons (Fsp3) is 0.736. The van der Waals surface area contributed by atoms with Gasteiger partial charge in [-0.25, -0.2) is 13.9 Å². The van der Waals surface area contributed by atoms with Gasteiger partial charge in [-0.2, -0.15) is 9.29 Å². The topological polar surface area (TPSA) is 306 Å². The molecule has 75 heavy (non-hydrogen) atoms. The maximum atomic E-state index is 12.9. The third-order valence-electron chi connectivity index (χ3n) is 12.3.